The van der Waals surface area contributed by atoms with Crippen LogP contribution in [0.5, 0.6) is 0 Å². The van der Waals surface area contributed by atoms with Crippen molar-refractivity contribution < 1.29 is 52.6 Å². The second kappa shape index (κ2) is 33.3. The van der Waals surface area contributed by atoms with Gasteiger partial charge in [0.15, 0.2) is 6.10 Å². The van der Waals surface area contributed by atoms with Crippen LogP contribution in [0, 0.1) is 0 Å². The number of unbranched alkanes of at least 4 members (excludes halogenated alkanes) is 12. The van der Waals surface area contributed by atoms with E-state index < -0.39 is 57.2 Å². The fraction of sp³-hybridized carbons (Fsp3) is 0.711. The van der Waals surface area contributed by atoms with Crippen LogP contribution in [0.25, 0.3) is 0 Å². The predicted molar refractivity (Wildman–Crippen MR) is 200 cm³/mol. The monoisotopic (exact) mass is 743 g/mol. The van der Waals surface area contributed by atoms with Crippen molar-refractivity contribution in [2.75, 3.05) is 19.8 Å². The molecular formula is C38H66NO11P. The van der Waals surface area contributed by atoms with Gasteiger partial charge < -0.3 is 30.3 Å². The standard InChI is InChI=1S/C38H66NO11P/c1-3-5-7-8-9-10-11-14-17-20-24-28-36(41)47-30-34(31-48-51(45,46)49-32-35(39)38(43)44)50-37(42)29-25-21-18-15-12-13-16-19-23-27-33(40)26-22-6-4-2/h6,8-9,16,19,22-23,27,33-35,40H,3-5,7,10-15,17-18,20-21,24-26,28-32,39H2,1-2H3,(H,43,44)(H,45,46)/b9-8-,19-16+,22-6+,27-23+/t33?,34-,35+/m1/s1. The van der Waals surface area contributed by atoms with Crippen molar-refractivity contribution in [3.8, 4) is 0 Å². The molecule has 0 fully saturated rings. The minimum absolute atomic E-state index is 0.111. The molecule has 0 aromatic carbocycles. The molecule has 0 aliphatic heterocycles. The van der Waals surface area contributed by atoms with E-state index in [1.807, 2.05) is 24.3 Å². The number of allylic oxidation sites excluding steroid dienone is 6. The molecule has 0 saturated heterocycles. The first-order chi connectivity index (χ1) is 24.5. The number of hydrogen-bond donors (Lipinski definition) is 4. The summed E-state index contributed by atoms with van der Waals surface area (Å²) < 4.78 is 32.5. The van der Waals surface area contributed by atoms with E-state index in [2.05, 4.69) is 36.6 Å². The lowest BCUT2D eigenvalue weighted by atomic mass is 10.1. The molecule has 0 rings (SSSR count). The number of phosphoric acid groups is 1. The van der Waals surface area contributed by atoms with Gasteiger partial charge in [-0.2, -0.15) is 0 Å². The molecule has 0 heterocycles. The zero-order valence-electron chi connectivity index (χ0n) is 31.0. The molecule has 0 spiro atoms. The molecule has 0 aromatic heterocycles. The minimum Gasteiger partial charge on any atom is -0.480 e. The molecule has 0 aliphatic carbocycles. The number of carbonyl (C=O) groups is 3. The average molecular weight is 744 g/mol. The third-order valence-electron chi connectivity index (χ3n) is 7.64. The Morgan fingerprint density at radius 2 is 1.27 bits per heavy atom. The first-order valence-corrected chi connectivity index (χ1v) is 20.3. The Morgan fingerprint density at radius 1 is 0.706 bits per heavy atom. The molecule has 5 N–H and O–H groups in total. The topological polar surface area (TPSA) is 192 Å². The number of esters is 2. The summed E-state index contributed by atoms with van der Waals surface area (Å²) in [6.45, 7) is 2.47. The van der Waals surface area contributed by atoms with Gasteiger partial charge in [-0.1, -0.05) is 114 Å². The largest absolute Gasteiger partial charge is 0.480 e. The molecule has 2 unspecified atom stereocenters. The average Bonchev–Trinajstić information content (AvgIpc) is 3.09. The molecule has 0 aliphatic rings. The second-order valence-electron chi connectivity index (χ2n) is 12.5. The van der Waals surface area contributed by atoms with E-state index in [4.69, 9.17) is 24.8 Å². The Hall–Kier alpha value is -2.60. The first kappa shape index (κ1) is 48.4. The number of carboxylic acids is 1. The van der Waals surface area contributed by atoms with E-state index in [9.17, 15) is 28.9 Å². The van der Waals surface area contributed by atoms with Gasteiger partial charge in [-0.05, 0) is 57.8 Å². The van der Waals surface area contributed by atoms with Crippen LogP contribution in [0.1, 0.15) is 136 Å². The van der Waals surface area contributed by atoms with Gasteiger partial charge in [-0.25, -0.2) is 4.57 Å². The lowest BCUT2D eigenvalue weighted by molar-refractivity contribution is -0.161. The molecule has 12 nitrogen and oxygen atoms in total. The van der Waals surface area contributed by atoms with Gasteiger partial charge in [0.05, 0.1) is 19.3 Å². The quantitative estimate of drug-likeness (QED) is 0.0163. The zero-order chi connectivity index (χ0) is 38.0. The molecule has 0 bridgehead atoms. The molecular weight excluding hydrogens is 677 g/mol. The van der Waals surface area contributed by atoms with Crippen molar-refractivity contribution in [3.05, 3.63) is 48.6 Å². The van der Waals surface area contributed by atoms with E-state index in [0.717, 1.165) is 77.0 Å². The van der Waals surface area contributed by atoms with Crippen LogP contribution in [0.2, 0.25) is 0 Å². The number of aliphatic hydroxyl groups excluding tert-OH is 1. The molecule has 0 saturated carbocycles. The highest BCUT2D eigenvalue weighted by Gasteiger charge is 2.28. The number of rotatable bonds is 34. The Bertz CT molecular complexity index is 1080. The maximum Gasteiger partial charge on any atom is 0.472 e. The van der Waals surface area contributed by atoms with E-state index in [1.54, 1.807) is 6.08 Å². The van der Waals surface area contributed by atoms with Crippen LogP contribution in [0.3, 0.4) is 0 Å². The van der Waals surface area contributed by atoms with E-state index >= 15 is 0 Å². The van der Waals surface area contributed by atoms with Gasteiger partial charge in [0.2, 0.25) is 0 Å². The Morgan fingerprint density at radius 3 is 1.90 bits per heavy atom. The summed E-state index contributed by atoms with van der Waals surface area (Å²) in [5.41, 5.74) is 5.30. The molecule has 13 heteroatoms. The maximum absolute atomic E-state index is 12.6. The van der Waals surface area contributed by atoms with Crippen molar-refractivity contribution >= 4 is 25.7 Å². The summed E-state index contributed by atoms with van der Waals surface area (Å²) in [5, 5.41) is 18.7. The number of aliphatic hydroxyl groups is 1. The summed E-state index contributed by atoms with van der Waals surface area (Å²) in [5.74, 6) is -2.46. The number of phosphoric ester groups is 1. The van der Waals surface area contributed by atoms with Gasteiger partial charge >= 0.3 is 25.7 Å². The van der Waals surface area contributed by atoms with Crippen LogP contribution in [-0.4, -0.2) is 71.1 Å². The number of hydrogen-bond acceptors (Lipinski definition) is 10. The normalized spacial score (nSPS) is 15.1. The van der Waals surface area contributed by atoms with Crippen molar-refractivity contribution in [1.29, 1.82) is 0 Å². The van der Waals surface area contributed by atoms with Crippen LogP contribution in [0.15, 0.2) is 48.6 Å². The molecule has 294 valence electrons. The van der Waals surface area contributed by atoms with Crippen LogP contribution < -0.4 is 5.73 Å². The van der Waals surface area contributed by atoms with Gasteiger partial charge in [-0.3, -0.25) is 23.4 Å². The Labute approximate surface area is 306 Å². The van der Waals surface area contributed by atoms with E-state index in [0.29, 0.717) is 19.3 Å². The zero-order valence-corrected chi connectivity index (χ0v) is 31.9. The molecule has 0 aromatic rings. The minimum atomic E-state index is -4.73. The SMILES string of the molecule is CC/C=C/CC(O)/C=C/C=C/CCCCCCCC(=O)O[C@H](COC(=O)CCCCCCC/C=C\CCCC)COP(=O)(O)OC[C@H](N)C(=O)O. The number of carbonyl (C=O) groups excluding carboxylic acids is 2. The van der Waals surface area contributed by atoms with Crippen molar-refractivity contribution in [3.63, 3.8) is 0 Å². The Kier molecular flexibility index (Phi) is 31.6. The number of aliphatic carboxylic acids is 1. The smallest absolute Gasteiger partial charge is 0.472 e. The molecule has 0 amide bonds. The van der Waals surface area contributed by atoms with Gasteiger partial charge in [0.1, 0.15) is 12.6 Å². The van der Waals surface area contributed by atoms with Gasteiger partial charge in [-0.15, -0.1) is 0 Å². The highest BCUT2D eigenvalue weighted by atomic mass is 31.2. The number of ether oxygens (including phenoxy) is 2. The van der Waals surface area contributed by atoms with Crippen LogP contribution in [-0.2, 0) is 37.5 Å². The van der Waals surface area contributed by atoms with E-state index in [-0.39, 0.29) is 19.4 Å². The fourth-order valence-corrected chi connectivity index (χ4v) is 5.39. The van der Waals surface area contributed by atoms with E-state index in [1.165, 1.54) is 12.8 Å². The summed E-state index contributed by atoms with van der Waals surface area (Å²) in [4.78, 5) is 45.7. The highest BCUT2D eigenvalue weighted by Crippen LogP contribution is 2.43. The molecule has 4 atom stereocenters. The molecule has 51 heavy (non-hydrogen) atoms. The summed E-state index contributed by atoms with van der Waals surface area (Å²) in [6, 6.07) is -1.53. The maximum atomic E-state index is 12.6. The van der Waals surface area contributed by atoms with Crippen LogP contribution >= 0.6 is 7.82 Å². The second-order valence-corrected chi connectivity index (χ2v) is 14.0. The lowest BCUT2D eigenvalue weighted by Crippen LogP contribution is -2.34. The third-order valence-corrected chi connectivity index (χ3v) is 8.59. The Balaban J connectivity index is 4.54. The summed E-state index contributed by atoms with van der Waals surface area (Å²) in [6.07, 6.45) is 30.9. The summed E-state index contributed by atoms with van der Waals surface area (Å²) >= 11 is 0. The van der Waals surface area contributed by atoms with Crippen molar-refractivity contribution in [2.24, 2.45) is 5.73 Å². The fourth-order valence-electron chi connectivity index (χ4n) is 4.61. The van der Waals surface area contributed by atoms with Gasteiger partial charge in [0.25, 0.3) is 0 Å². The van der Waals surface area contributed by atoms with Crippen molar-refractivity contribution in [2.45, 2.75) is 154 Å². The first-order valence-electron chi connectivity index (χ1n) is 18.8. The highest BCUT2D eigenvalue weighted by molar-refractivity contribution is 7.47. The summed E-state index contributed by atoms with van der Waals surface area (Å²) in [7, 11) is -4.73. The molecule has 0 radical (unpaired) electrons. The van der Waals surface area contributed by atoms with Crippen LogP contribution in [0.4, 0.5) is 0 Å². The number of nitrogens with two attached hydrogens (primary N) is 1. The lowest BCUT2D eigenvalue weighted by Gasteiger charge is -2.20. The van der Waals surface area contributed by atoms with Gasteiger partial charge in [0, 0.05) is 12.8 Å². The third kappa shape index (κ3) is 33.0. The predicted octanol–water partition coefficient (Wildman–Crippen LogP) is 8.02. The number of carboxylic acid groups (broad SMARTS) is 1. The van der Waals surface area contributed by atoms with Crippen molar-refractivity contribution in [1.82, 2.24) is 0 Å².